The molecule has 142 valence electrons. The van der Waals surface area contributed by atoms with Gasteiger partial charge in [0.05, 0.1) is 30.0 Å². The molecule has 0 radical (unpaired) electrons. The van der Waals surface area contributed by atoms with Crippen LogP contribution in [0.4, 0.5) is 5.69 Å². The van der Waals surface area contributed by atoms with Crippen LogP contribution in [0.25, 0.3) is 11.0 Å². The summed E-state index contributed by atoms with van der Waals surface area (Å²) in [5.41, 5.74) is 2.45. The van der Waals surface area contributed by atoms with Crippen LogP contribution in [0.5, 0.6) is 0 Å². The van der Waals surface area contributed by atoms with Crippen molar-refractivity contribution in [1.29, 1.82) is 0 Å². The molecule has 3 heterocycles. The highest BCUT2D eigenvalue weighted by atomic mass is 127. The normalized spacial score (nSPS) is 18.2. The molecule has 1 aromatic carbocycles. The predicted molar refractivity (Wildman–Crippen MR) is 114 cm³/mol. The van der Waals surface area contributed by atoms with E-state index in [1.165, 1.54) is 3.97 Å². The van der Waals surface area contributed by atoms with Crippen LogP contribution in [0.2, 0.25) is 0 Å². The fourth-order valence-electron chi connectivity index (χ4n) is 3.31. The molecule has 0 saturated carbocycles. The van der Waals surface area contributed by atoms with Gasteiger partial charge >= 0.3 is 0 Å². The lowest BCUT2D eigenvalue weighted by Gasteiger charge is -2.35. The lowest BCUT2D eigenvalue weighted by Crippen LogP contribution is -2.43. The van der Waals surface area contributed by atoms with E-state index in [2.05, 4.69) is 39.4 Å². The van der Waals surface area contributed by atoms with E-state index in [-0.39, 0.29) is 10.9 Å². The molecule has 2 aromatic heterocycles. The summed E-state index contributed by atoms with van der Waals surface area (Å²) in [6, 6.07) is 9.14. The third-order valence-electron chi connectivity index (χ3n) is 4.83. The number of aromatic nitrogens is 2. The summed E-state index contributed by atoms with van der Waals surface area (Å²) in [4.78, 5) is 7.02. The summed E-state index contributed by atoms with van der Waals surface area (Å²) in [6.45, 7) is 6.20. The Balaban J connectivity index is 1.80. The molecule has 1 saturated heterocycles. The summed E-state index contributed by atoms with van der Waals surface area (Å²) in [5, 5.41) is 0.836. The number of ether oxygens (including phenoxy) is 1. The van der Waals surface area contributed by atoms with Crippen molar-refractivity contribution in [3.63, 3.8) is 0 Å². The Hall–Kier alpha value is -1.65. The number of rotatable bonds is 3. The van der Waals surface area contributed by atoms with Crippen molar-refractivity contribution in [2.24, 2.45) is 0 Å². The molecule has 0 bridgehead atoms. The van der Waals surface area contributed by atoms with Crippen LogP contribution in [-0.4, -0.2) is 43.2 Å². The van der Waals surface area contributed by atoms with E-state index in [0.29, 0.717) is 18.9 Å². The number of morpholine rings is 1. The van der Waals surface area contributed by atoms with Gasteiger partial charge in [-0.1, -0.05) is 17.7 Å². The van der Waals surface area contributed by atoms with Crippen LogP contribution in [0.15, 0.2) is 47.6 Å². The zero-order valence-corrected chi connectivity index (χ0v) is 18.1. The number of benzene rings is 1. The average molecular weight is 497 g/mol. The van der Waals surface area contributed by atoms with Crippen LogP contribution in [0, 0.1) is 10.5 Å². The standard InChI is InChI=1S/C19H20IN3O3S/c1-13-3-5-16(6-4-13)27(24,25)23-11-18(20)17-9-15(10-21-19(17)23)22-7-8-26-12-14(22)2/h3-6,9-11,14H,7-8,12H2,1-2H3. The van der Waals surface area contributed by atoms with E-state index >= 15 is 0 Å². The molecule has 1 atom stereocenters. The Bertz CT molecular complexity index is 1090. The third-order valence-corrected chi connectivity index (χ3v) is 7.35. The largest absolute Gasteiger partial charge is 0.377 e. The quantitative estimate of drug-likeness (QED) is 0.520. The number of fused-ring (bicyclic) bond motifs is 1. The number of aryl methyl sites for hydroxylation is 1. The van der Waals surface area contributed by atoms with Crippen LogP contribution in [-0.2, 0) is 14.8 Å². The zero-order valence-electron chi connectivity index (χ0n) is 15.1. The fraction of sp³-hybridized carbons (Fsp3) is 0.316. The van der Waals surface area contributed by atoms with Crippen molar-refractivity contribution >= 4 is 49.3 Å². The second-order valence-corrected chi connectivity index (χ2v) is 9.75. The number of hydrogen-bond acceptors (Lipinski definition) is 5. The Morgan fingerprint density at radius 1 is 1.26 bits per heavy atom. The van der Waals surface area contributed by atoms with E-state index < -0.39 is 10.0 Å². The molecule has 6 nitrogen and oxygen atoms in total. The third kappa shape index (κ3) is 3.34. The van der Waals surface area contributed by atoms with E-state index in [0.717, 1.165) is 26.8 Å². The summed E-state index contributed by atoms with van der Waals surface area (Å²) < 4.78 is 33.8. The van der Waals surface area contributed by atoms with Crippen molar-refractivity contribution < 1.29 is 13.2 Å². The highest BCUT2D eigenvalue weighted by Crippen LogP contribution is 2.30. The fourth-order valence-corrected chi connectivity index (χ4v) is 5.50. The van der Waals surface area contributed by atoms with Crippen molar-refractivity contribution in [1.82, 2.24) is 8.96 Å². The van der Waals surface area contributed by atoms with Crippen LogP contribution >= 0.6 is 22.6 Å². The summed E-state index contributed by atoms with van der Waals surface area (Å²) >= 11 is 2.17. The Morgan fingerprint density at radius 2 is 2.00 bits per heavy atom. The van der Waals surface area contributed by atoms with E-state index in [1.807, 2.05) is 13.0 Å². The highest BCUT2D eigenvalue weighted by molar-refractivity contribution is 14.1. The van der Waals surface area contributed by atoms with Gasteiger partial charge in [-0.3, -0.25) is 0 Å². The van der Waals surface area contributed by atoms with E-state index in [9.17, 15) is 8.42 Å². The van der Waals surface area contributed by atoms with Gasteiger partial charge in [0, 0.05) is 27.7 Å². The lowest BCUT2D eigenvalue weighted by atomic mass is 10.2. The second kappa shape index (κ2) is 7.06. The maximum absolute atomic E-state index is 13.1. The first kappa shape index (κ1) is 18.7. The van der Waals surface area contributed by atoms with E-state index in [1.54, 1.807) is 36.7 Å². The maximum Gasteiger partial charge on any atom is 0.269 e. The van der Waals surface area contributed by atoms with Gasteiger partial charge in [0.25, 0.3) is 10.0 Å². The summed E-state index contributed by atoms with van der Waals surface area (Å²) in [7, 11) is -3.69. The van der Waals surface area contributed by atoms with Gasteiger partial charge in [0.15, 0.2) is 5.65 Å². The Morgan fingerprint density at radius 3 is 2.70 bits per heavy atom. The minimum atomic E-state index is -3.69. The van der Waals surface area contributed by atoms with Crippen molar-refractivity contribution in [2.75, 3.05) is 24.7 Å². The first-order valence-electron chi connectivity index (χ1n) is 8.71. The van der Waals surface area contributed by atoms with Gasteiger partial charge in [-0.15, -0.1) is 0 Å². The van der Waals surface area contributed by atoms with Crippen LogP contribution in [0.1, 0.15) is 12.5 Å². The molecule has 8 heteroatoms. The first-order valence-corrected chi connectivity index (χ1v) is 11.2. The molecule has 3 aromatic rings. The number of nitrogens with zero attached hydrogens (tertiary/aromatic N) is 3. The van der Waals surface area contributed by atoms with Crippen molar-refractivity contribution in [2.45, 2.75) is 24.8 Å². The molecule has 1 aliphatic heterocycles. The molecular formula is C19H20IN3O3S. The molecule has 1 aliphatic rings. The topological polar surface area (TPSA) is 64.4 Å². The van der Waals surface area contributed by atoms with Gasteiger partial charge in [0.2, 0.25) is 0 Å². The summed E-state index contributed by atoms with van der Waals surface area (Å²) in [5.74, 6) is 0. The number of pyridine rings is 1. The molecule has 1 fully saturated rings. The zero-order chi connectivity index (χ0) is 19.2. The Labute approximate surface area is 172 Å². The first-order chi connectivity index (χ1) is 12.9. The number of hydrogen-bond donors (Lipinski definition) is 0. The van der Waals surface area contributed by atoms with E-state index in [4.69, 9.17) is 4.74 Å². The van der Waals surface area contributed by atoms with Gasteiger partial charge in [-0.05, 0) is 54.6 Å². The molecule has 27 heavy (non-hydrogen) atoms. The molecular weight excluding hydrogens is 477 g/mol. The molecule has 0 spiro atoms. The smallest absolute Gasteiger partial charge is 0.269 e. The number of halogens is 1. The van der Waals surface area contributed by atoms with Crippen LogP contribution < -0.4 is 4.90 Å². The number of anilines is 1. The molecule has 0 aliphatic carbocycles. The van der Waals surface area contributed by atoms with Gasteiger partial charge in [-0.25, -0.2) is 17.4 Å². The minimum absolute atomic E-state index is 0.258. The van der Waals surface area contributed by atoms with Crippen molar-refractivity contribution in [3.8, 4) is 0 Å². The van der Waals surface area contributed by atoms with Gasteiger partial charge in [-0.2, -0.15) is 0 Å². The Kier molecular flexibility index (Phi) is 4.89. The van der Waals surface area contributed by atoms with Crippen LogP contribution in [0.3, 0.4) is 0 Å². The lowest BCUT2D eigenvalue weighted by molar-refractivity contribution is 0.0989. The van der Waals surface area contributed by atoms with Gasteiger partial charge in [0.1, 0.15) is 0 Å². The molecule has 4 rings (SSSR count). The van der Waals surface area contributed by atoms with Gasteiger partial charge < -0.3 is 9.64 Å². The summed E-state index contributed by atoms with van der Waals surface area (Å²) in [6.07, 6.45) is 3.39. The molecule has 0 amide bonds. The van der Waals surface area contributed by atoms with Crippen molar-refractivity contribution in [3.05, 3.63) is 51.9 Å². The maximum atomic E-state index is 13.1. The monoisotopic (exact) mass is 497 g/mol. The second-order valence-electron chi connectivity index (χ2n) is 6.77. The minimum Gasteiger partial charge on any atom is -0.377 e. The molecule has 1 unspecified atom stereocenters. The SMILES string of the molecule is Cc1ccc(S(=O)(=O)n2cc(I)c3cc(N4CCOCC4C)cnc32)cc1. The molecule has 0 N–H and O–H groups in total. The highest BCUT2D eigenvalue weighted by Gasteiger charge is 2.24. The average Bonchev–Trinajstić information content (AvgIpc) is 2.99. The predicted octanol–water partition coefficient (Wildman–Crippen LogP) is 3.41.